The lowest BCUT2D eigenvalue weighted by molar-refractivity contribution is -0.135. The van der Waals surface area contributed by atoms with E-state index in [2.05, 4.69) is 13.0 Å². The van der Waals surface area contributed by atoms with Crippen LogP contribution >= 0.6 is 0 Å². The number of carbonyl (C=O) groups excluding carboxylic acids is 2. The molecule has 1 N–H and O–H groups in total. The monoisotopic (exact) mass is 497 g/mol. The fraction of sp³-hybridized carbons (Fsp3) is 0.600. The van der Waals surface area contributed by atoms with Crippen molar-refractivity contribution in [1.82, 2.24) is 4.90 Å². The number of carbonyl (C=O) groups is 2. The lowest BCUT2D eigenvalue weighted by Gasteiger charge is -2.28. The van der Waals surface area contributed by atoms with Gasteiger partial charge in [-0.2, -0.15) is 0 Å². The number of rotatable bonds is 16. The number of esters is 1. The van der Waals surface area contributed by atoms with Crippen molar-refractivity contribution < 1.29 is 23.8 Å². The highest BCUT2D eigenvalue weighted by atomic mass is 16.5. The molecule has 0 radical (unpaired) electrons. The van der Waals surface area contributed by atoms with Crippen molar-refractivity contribution in [1.29, 1.82) is 0 Å². The van der Waals surface area contributed by atoms with E-state index in [1.165, 1.54) is 69.4 Å². The number of furan rings is 1. The van der Waals surface area contributed by atoms with Crippen molar-refractivity contribution in [2.45, 2.75) is 103 Å². The minimum absolute atomic E-state index is 0.0137. The van der Waals surface area contributed by atoms with Crippen LogP contribution < -0.4 is 0 Å². The van der Waals surface area contributed by atoms with Gasteiger partial charge < -0.3 is 19.2 Å². The second-order valence-electron chi connectivity index (χ2n) is 9.95. The molecule has 1 atom stereocenters. The fourth-order valence-corrected chi connectivity index (χ4v) is 4.78. The summed E-state index contributed by atoms with van der Waals surface area (Å²) >= 11 is 0. The smallest absolute Gasteiger partial charge is 0.374 e. The van der Waals surface area contributed by atoms with Crippen LogP contribution in [0.3, 0.4) is 0 Å². The number of aliphatic hydroxyl groups excluding tert-OH is 1. The van der Waals surface area contributed by atoms with Gasteiger partial charge in [-0.25, -0.2) is 4.79 Å². The van der Waals surface area contributed by atoms with Gasteiger partial charge in [0.1, 0.15) is 11.9 Å². The van der Waals surface area contributed by atoms with Crippen LogP contribution in [0.15, 0.2) is 40.8 Å². The Labute approximate surface area is 216 Å². The fourth-order valence-electron chi connectivity index (χ4n) is 4.78. The van der Waals surface area contributed by atoms with Gasteiger partial charge in [-0.15, -0.1) is 0 Å². The molecule has 0 aliphatic carbocycles. The maximum absolute atomic E-state index is 12.5. The zero-order valence-electron chi connectivity index (χ0n) is 21.9. The first-order valence-electron chi connectivity index (χ1n) is 13.9. The van der Waals surface area contributed by atoms with Crippen LogP contribution in [0.25, 0.3) is 0 Å². The molecule has 0 fully saturated rings. The molecule has 1 aromatic heterocycles. The number of aliphatic hydroxyl groups is 1. The lowest BCUT2D eigenvalue weighted by atomic mass is 10.00. The molecule has 0 spiro atoms. The molecule has 1 amide bonds. The maximum Gasteiger partial charge on any atom is 0.374 e. The van der Waals surface area contributed by atoms with E-state index in [1.54, 1.807) is 11.0 Å². The number of hydrogen-bond donors (Lipinski definition) is 1. The van der Waals surface area contributed by atoms with Crippen LogP contribution in [0.4, 0.5) is 0 Å². The molecule has 6 nitrogen and oxygen atoms in total. The van der Waals surface area contributed by atoms with Crippen molar-refractivity contribution in [3.63, 3.8) is 0 Å². The van der Waals surface area contributed by atoms with Crippen LogP contribution in [-0.2, 0) is 22.5 Å². The Morgan fingerprint density at radius 2 is 1.56 bits per heavy atom. The van der Waals surface area contributed by atoms with Gasteiger partial charge >= 0.3 is 5.97 Å². The van der Waals surface area contributed by atoms with E-state index < -0.39 is 12.1 Å². The third-order valence-electron chi connectivity index (χ3n) is 7.05. The van der Waals surface area contributed by atoms with Gasteiger partial charge in [-0.05, 0) is 36.1 Å². The summed E-state index contributed by atoms with van der Waals surface area (Å²) in [4.78, 5) is 26.6. The van der Waals surface area contributed by atoms with Gasteiger partial charge in [0.25, 0.3) is 5.91 Å². The molecule has 2 heterocycles. The van der Waals surface area contributed by atoms with Gasteiger partial charge in [0.15, 0.2) is 6.61 Å². The van der Waals surface area contributed by atoms with Gasteiger partial charge in [-0.3, -0.25) is 4.79 Å². The Bertz CT molecular complexity index is 937. The highest BCUT2D eigenvalue weighted by molar-refractivity contribution is 5.89. The molecule has 6 heteroatoms. The van der Waals surface area contributed by atoms with E-state index in [-0.39, 0.29) is 18.3 Å². The van der Waals surface area contributed by atoms with Crippen LogP contribution in [0, 0.1) is 0 Å². The summed E-state index contributed by atoms with van der Waals surface area (Å²) in [5.74, 6) is -0.525. The molecular formula is C30H43NO5. The summed E-state index contributed by atoms with van der Waals surface area (Å²) in [6.45, 7) is 3.07. The first-order valence-corrected chi connectivity index (χ1v) is 13.9. The molecule has 0 saturated carbocycles. The molecule has 1 aliphatic rings. The average Bonchev–Trinajstić information content (AvgIpc) is 3.40. The summed E-state index contributed by atoms with van der Waals surface area (Å²) in [6.07, 6.45) is 14.5. The van der Waals surface area contributed by atoms with Crippen molar-refractivity contribution in [2.75, 3.05) is 13.2 Å². The zero-order chi connectivity index (χ0) is 25.6. The Hall–Kier alpha value is -2.60. The Kier molecular flexibility index (Phi) is 12.0. The summed E-state index contributed by atoms with van der Waals surface area (Å²) in [5.41, 5.74) is 2.39. The summed E-state index contributed by atoms with van der Waals surface area (Å²) < 4.78 is 10.7. The minimum atomic E-state index is -0.736. The number of hydrogen-bond acceptors (Lipinski definition) is 5. The second kappa shape index (κ2) is 15.5. The van der Waals surface area contributed by atoms with Gasteiger partial charge in [-0.1, -0.05) is 102 Å². The van der Waals surface area contributed by atoms with E-state index in [9.17, 15) is 14.7 Å². The third-order valence-corrected chi connectivity index (χ3v) is 7.05. The molecule has 1 aromatic carbocycles. The number of unbranched alkanes of at least 4 members (excludes halogenated alkanes) is 10. The molecule has 0 bridgehead atoms. The first-order chi connectivity index (χ1) is 17.6. The average molecular weight is 498 g/mol. The second-order valence-corrected chi connectivity index (χ2v) is 9.95. The van der Waals surface area contributed by atoms with E-state index in [4.69, 9.17) is 9.15 Å². The van der Waals surface area contributed by atoms with E-state index in [0.29, 0.717) is 25.3 Å². The summed E-state index contributed by atoms with van der Waals surface area (Å²) in [6, 6.07) is 11.2. The van der Waals surface area contributed by atoms with Crippen molar-refractivity contribution in [3.8, 4) is 0 Å². The van der Waals surface area contributed by atoms with Crippen molar-refractivity contribution >= 4 is 11.9 Å². The predicted octanol–water partition coefficient (Wildman–Crippen LogP) is 6.76. The quantitative estimate of drug-likeness (QED) is 0.205. The van der Waals surface area contributed by atoms with Gasteiger partial charge in [0, 0.05) is 13.1 Å². The maximum atomic E-state index is 12.5. The lowest BCUT2D eigenvalue weighted by Crippen LogP contribution is -2.38. The number of fused-ring (bicyclic) bond motifs is 1. The molecule has 0 saturated heterocycles. The Balaban J connectivity index is 1.28. The third kappa shape index (κ3) is 9.12. The van der Waals surface area contributed by atoms with E-state index >= 15 is 0 Å². The molecule has 1 unspecified atom stereocenters. The predicted molar refractivity (Wildman–Crippen MR) is 141 cm³/mol. The van der Waals surface area contributed by atoms with Crippen molar-refractivity contribution in [3.05, 3.63) is 59.0 Å². The van der Waals surface area contributed by atoms with E-state index in [0.717, 1.165) is 24.8 Å². The summed E-state index contributed by atoms with van der Waals surface area (Å²) in [5, 5.41) is 10.4. The van der Waals surface area contributed by atoms with Crippen molar-refractivity contribution in [2.24, 2.45) is 0 Å². The molecule has 198 valence electrons. The number of amides is 1. The molecule has 3 rings (SSSR count). The van der Waals surface area contributed by atoms with Crippen LogP contribution in [0.2, 0.25) is 0 Å². The number of benzene rings is 1. The highest BCUT2D eigenvalue weighted by Gasteiger charge is 2.23. The van der Waals surface area contributed by atoms with Crippen LogP contribution in [0.1, 0.15) is 118 Å². The summed E-state index contributed by atoms with van der Waals surface area (Å²) in [7, 11) is 0. The normalized spacial score (nSPS) is 13.9. The molecule has 1 aliphatic heterocycles. The van der Waals surface area contributed by atoms with Gasteiger partial charge in [0.2, 0.25) is 5.76 Å². The first kappa shape index (κ1) is 28.0. The van der Waals surface area contributed by atoms with Gasteiger partial charge in [0.05, 0.1) is 0 Å². The largest absolute Gasteiger partial charge is 0.451 e. The standard InChI is InChI=1S/C30H43NO5/c1-2-3-4-5-6-7-8-9-10-11-12-17-26(32)27-18-19-28(36-27)30(34)35-23-29(33)31-21-20-24-15-13-14-16-25(24)22-31/h13-16,18-19,26,32H,2-12,17,20-23H2,1H3. The zero-order valence-corrected chi connectivity index (χ0v) is 21.9. The number of nitrogens with zero attached hydrogens (tertiary/aromatic N) is 1. The molecule has 2 aromatic rings. The Morgan fingerprint density at radius 1 is 0.917 bits per heavy atom. The van der Waals surface area contributed by atoms with Crippen LogP contribution in [-0.4, -0.2) is 35.0 Å². The Morgan fingerprint density at radius 3 is 2.25 bits per heavy atom. The topological polar surface area (TPSA) is 80.0 Å². The van der Waals surface area contributed by atoms with E-state index in [1.807, 2.05) is 18.2 Å². The minimum Gasteiger partial charge on any atom is -0.451 e. The SMILES string of the molecule is CCCCCCCCCCCCCC(O)c1ccc(C(=O)OCC(=O)N2CCc3ccccc3C2)o1. The number of ether oxygens (including phenoxy) is 1. The molecular weight excluding hydrogens is 454 g/mol. The molecule has 36 heavy (non-hydrogen) atoms. The highest BCUT2D eigenvalue weighted by Crippen LogP contribution is 2.23. The van der Waals surface area contributed by atoms with Crippen LogP contribution in [0.5, 0.6) is 0 Å².